The number of carbonyl (C=O) groups excluding carboxylic acids is 1. The highest BCUT2D eigenvalue weighted by molar-refractivity contribution is 5.73. The van der Waals surface area contributed by atoms with Crippen molar-refractivity contribution in [1.29, 1.82) is 5.26 Å². The standard InChI is InChI=1S/C15H10FN3O/c16-12-2-1-10(5-11(12)7-17)13-6-14(19-9-18-13)15(8-20)3-4-15/h1-2,5-6,8-9H,3-4H2. The summed E-state index contributed by atoms with van der Waals surface area (Å²) in [6.07, 6.45) is 3.90. The molecule has 0 N–H and O–H groups in total. The molecule has 0 spiro atoms. The van der Waals surface area contributed by atoms with E-state index in [2.05, 4.69) is 9.97 Å². The monoisotopic (exact) mass is 267 g/mol. The zero-order valence-corrected chi connectivity index (χ0v) is 10.5. The van der Waals surface area contributed by atoms with E-state index in [0.717, 1.165) is 19.1 Å². The van der Waals surface area contributed by atoms with Crippen molar-refractivity contribution < 1.29 is 9.18 Å². The van der Waals surface area contributed by atoms with Crippen molar-refractivity contribution >= 4 is 6.29 Å². The minimum atomic E-state index is -0.558. The molecular weight excluding hydrogens is 257 g/mol. The Kier molecular flexibility index (Phi) is 2.79. The van der Waals surface area contributed by atoms with Crippen molar-refractivity contribution in [1.82, 2.24) is 9.97 Å². The Balaban J connectivity index is 2.05. The van der Waals surface area contributed by atoms with Crippen LogP contribution in [-0.2, 0) is 10.2 Å². The number of halogens is 1. The Morgan fingerprint density at radius 3 is 2.75 bits per heavy atom. The predicted octanol–water partition coefficient (Wildman–Crippen LogP) is 2.38. The number of aldehydes is 1. The first-order valence-corrected chi connectivity index (χ1v) is 6.17. The topological polar surface area (TPSA) is 66.6 Å². The summed E-state index contributed by atoms with van der Waals surface area (Å²) >= 11 is 0. The Bertz CT molecular complexity index is 732. The van der Waals surface area contributed by atoms with Gasteiger partial charge >= 0.3 is 0 Å². The molecule has 0 bridgehead atoms. The molecule has 98 valence electrons. The summed E-state index contributed by atoms with van der Waals surface area (Å²) < 4.78 is 13.3. The lowest BCUT2D eigenvalue weighted by molar-refractivity contribution is -0.109. The van der Waals surface area contributed by atoms with E-state index in [1.807, 2.05) is 0 Å². The molecule has 1 heterocycles. The first-order chi connectivity index (χ1) is 9.68. The zero-order chi connectivity index (χ0) is 14.2. The molecule has 1 aromatic heterocycles. The third kappa shape index (κ3) is 1.95. The summed E-state index contributed by atoms with van der Waals surface area (Å²) in [5, 5.41) is 8.85. The maximum Gasteiger partial charge on any atom is 0.140 e. The molecule has 5 heteroatoms. The average Bonchev–Trinajstić information content (AvgIpc) is 3.29. The molecule has 0 radical (unpaired) electrons. The van der Waals surface area contributed by atoms with Gasteiger partial charge in [-0.2, -0.15) is 5.26 Å². The SMILES string of the molecule is N#Cc1cc(-c2cc(C3(C=O)CC3)ncn2)ccc1F. The van der Waals surface area contributed by atoms with E-state index in [1.165, 1.54) is 18.5 Å². The summed E-state index contributed by atoms with van der Waals surface area (Å²) in [4.78, 5) is 19.4. The van der Waals surface area contributed by atoms with Gasteiger partial charge in [-0.1, -0.05) is 0 Å². The molecule has 2 aromatic rings. The number of rotatable bonds is 3. The van der Waals surface area contributed by atoms with Crippen LogP contribution in [0.15, 0.2) is 30.6 Å². The van der Waals surface area contributed by atoms with Gasteiger partial charge in [0.05, 0.1) is 22.4 Å². The number of nitriles is 1. The van der Waals surface area contributed by atoms with Crippen molar-refractivity contribution in [3.63, 3.8) is 0 Å². The van der Waals surface area contributed by atoms with Gasteiger partial charge in [-0.25, -0.2) is 14.4 Å². The number of hydrogen-bond acceptors (Lipinski definition) is 4. The Morgan fingerprint density at radius 1 is 1.30 bits per heavy atom. The molecule has 0 aliphatic heterocycles. The van der Waals surface area contributed by atoms with Crippen LogP contribution in [-0.4, -0.2) is 16.3 Å². The third-order valence-corrected chi connectivity index (χ3v) is 3.57. The minimum Gasteiger partial charge on any atom is -0.302 e. The first-order valence-electron chi connectivity index (χ1n) is 6.17. The number of aromatic nitrogens is 2. The quantitative estimate of drug-likeness (QED) is 0.801. The molecule has 1 saturated carbocycles. The molecule has 1 fully saturated rings. The van der Waals surface area contributed by atoms with Crippen LogP contribution in [0.2, 0.25) is 0 Å². The van der Waals surface area contributed by atoms with E-state index in [-0.39, 0.29) is 5.56 Å². The van der Waals surface area contributed by atoms with Gasteiger partial charge in [0.25, 0.3) is 0 Å². The van der Waals surface area contributed by atoms with Crippen molar-refractivity contribution in [3.05, 3.63) is 47.7 Å². The fraction of sp³-hybridized carbons (Fsp3) is 0.200. The Labute approximate surface area is 114 Å². The highest BCUT2D eigenvalue weighted by Gasteiger charge is 2.45. The van der Waals surface area contributed by atoms with Crippen LogP contribution < -0.4 is 0 Å². The molecule has 0 unspecified atom stereocenters. The summed E-state index contributed by atoms with van der Waals surface area (Å²) in [5.74, 6) is -0.558. The average molecular weight is 267 g/mol. The highest BCUT2D eigenvalue weighted by Crippen LogP contribution is 2.45. The minimum absolute atomic E-state index is 0.0285. The lowest BCUT2D eigenvalue weighted by atomic mass is 10.0. The van der Waals surface area contributed by atoms with Crippen molar-refractivity contribution in [3.8, 4) is 17.3 Å². The summed E-state index contributed by atoms with van der Waals surface area (Å²) in [6, 6.07) is 7.77. The van der Waals surface area contributed by atoms with Gasteiger partial charge in [0.15, 0.2) is 0 Å². The molecule has 3 rings (SSSR count). The number of nitrogens with zero attached hydrogens (tertiary/aromatic N) is 3. The van der Waals surface area contributed by atoms with Gasteiger partial charge in [-0.3, -0.25) is 0 Å². The highest BCUT2D eigenvalue weighted by atomic mass is 19.1. The van der Waals surface area contributed by atoms with Gasteiger partial charge in [0.1, 0.15) is 24.5 Å². The summed E-state index contributed by atoms with van der Waals surface area (Å²) in [5.41, 5.74) is 1.39. The van der Waals surface area contributed by atoms with Gasteiger partial charge in [0.2, 0.25) is 0 Å². The first kappa shape index (κ1) is 12.4. The third-order valence-electron chi connectivity index (χ3n) is 3.57. The van der Waals surface area contributed by atoms with Crippen LogP contribution >= 0.6 is 0 Å². The van der Waals surface area contributed by atoms with Gasteiger partial charge in [-0.05, 0) is 37.1 Å². The smallest absolute Gasteiger partial charge is 0.140 e. The molecule has 0 atom stereocenters. The van der Waals surface area contributed by atoms with Crippen LogP contribution in [0.4, 0.5) is 4.39 Å². The van der Waals surface area contributed by atoms with E-state index in [1.54, 1.807) is 18.2 Å². The van der Waals surface area contributed by atoms with E-state index < -0.39 is 11.2 Å². The van der Waals surface area contributed by atoms with E-state index >= 15 is 0 Å². The van der Waals surface area contributed by atoms with Crippen LogP contribution in [0.3, 0.4) is 0 Å². The molecular formula is C15H10FN3O. The van der Waals surface area contributed by atoms with Crippen molar-refractivity contribution in [2.45, 2.75) is 18.3 Å². The van der Waals surface area contributed by atoms with E-state index in [9.17, 15) is 9.18 Å². The predicted molar refractivity (Wildman–Crippen MR) is 69.1 cm³/mol. The van der Waals surface area contributed by atoms with Crippen LogP contribution in [0.25, 0.3) is 11.3 Å². The maximum absolute atomic E-state index is 13.3. The molecule has 1 aliphatic carbocycles. The van der Waals surface area contributed by atoms with E-state index in [0.29, 0.717) is 17.0 Å². The molecule has 1 aliphatic rings. The largest absolute Gasteiger partial charge is 0.302 e. The number of carbonyl (C=O) groups is 1. The second-order valence-electron chi connectivity index (χ2n) is 4.87. The molecule has 20 heavy (non-hydrogen) atoms. The Hall–Kier alpha value is -2.61. The van der Waals surface area contributed by atoms with Gasteiger partial charge in [0, 0.05) is 5.56 Å². The van der Waals surface area contributed by atoms with Crippen LogP contribution in [0.1, 0.15) is 24.1 Å². The second kappa shape index (κ2) is 4.49. The lowest BCUT2D eigenvalue weighted by Gasteiger charge is -2.08. The molecule has 0 saturated heterocycles. The zero-order valence-electron chi connectivity index (χ0n) is 10.5. The van der Waals surface area contributed by atoms with Gasteiger partial charge in [-0.15, -0.1) is 0 Å². The summed E-state index contributed by atoms with van der Waals surface area (Å²) in [6.45, 7) is 0. The number of benzene rings is 1. The maximum atomic E-state index is 13.3. The molecule has 1 aromatic carbocycles. The van der Waals surface area contributed by atoms with Gasteiger partial charge < -0.3 is 4.79 Å². The molecule has 0 amide bonds. The van der Waals surface area contributed by atoms with Crippen LogP contribution in [0.5, 0.6) is 0 Å². The molecule has 4 nitrogen and oxygen atoms in total. The normalized spacial score (nSPS) is 15.4. The van der Waals surface area contributed by atoms with Crippen molar-refractivity contribution in [2.75, 3.05) is 0 Å². The van der Waals surface area contributed by atoms with E-state index in [4.69, 9.17) is 5.26 Å². The lowest BCUT2D eigenvalue weighted by Crippen LogP contribution is -2.10. The van der Waals surface area contributed by atoms with Crippen molar-refractivity contribution in [2.24, 2.45) is 0 Å². The van der Waals surface area contributed by atoms with Crippen LogP contribution in [0, 0.1) is 17.1 Å². The second-order valence-corrected chi connectivity index (χ2v) is 4.87. The fourth-order valence-electron chi connectivity index (χ4n) is 2.13. The fourth-order valence-corrected chi connectivity index (χ4v) is 2.13. The Morgan fingerprint density at radius 2 is 2.10 bits per heavy atom. The summed E-state index contributed by atoms with van der Waals surface area (Å²) in [7, 11) is 0. The number of hydrogen-bond donors (Lipinski definition) is 0.